The first-order valence-corrected chi connectivity index (χ1v) is 11.0. The number of hydrogen-bond donors (Lipinski definition) is 1. The second-order valence-electron chi connectivity index (χ2n) is 8.56. The highest BCUT2D eigenvalue weighted by Gasteiger charge is 2.36. The van der Waals surface area contributed by atoms with E-state index in [1.165, 1.54) is 40.2 Å². The van der Waals surface area contributed by atoms with E-state index >= 15 is 0 Å². The highest BCUT2D eigenvalue weighted by Crippen LogP contribution is 2.38. The monoisotopic (exact) mass is 418 g/mol. The summed E-state index contributed by atoms with van der Waals surface area (Å²) in [7, 11) is 8.26. The Hall–Kier alpha value is -2.66. The fraction of sp³-hybridized carbons (Fsp3) is 0.360. The van der Waals surface area contributed by atoms with Gasteiger partial charge in [0.15, 0.2) is 5.11 Å². The van der Waals surface area contributed by atoms with E-state index in [2.05, 4.69) is 97.9 Å². The van der Waals surface area contributed by atoms with E-state index in [1.807, 2.05) is 0 Å². The number of benzene rings is 2. The Morgan fingerprint density at radius 1 is 0.933 bits per heavy atom. The van der Waals surface area contributed by atoms with Crippen LogP contribution in [-0.2, 0) is 0 Å². The zero-order valence-electron chi connectivity index (χ0n) is 18.2. The van der Waals surface area contributed by atoms with Crippen molar-refractivity contribution in [2.45, 2.75) is 25.3 Å². The van der Waals surface area contributed by atoms with Crippen molar-refractivity contribution in [1.29, 1.82) is 0 Å². The number of nitrogens with one attached hydrogen (secondary N) is 1. The Morgan fingerprint density at radius 2 is 1.53 bits per heavy atom. The molecule has 1 N–H and O–H groups in total. The van der Waals surface area contributed by atoms with Gasteiger partial charge in [-0.25, -0.2) is 4.99 Å². The van der Waals surface area contributed by atoms with E-state index in [0.717, 1.165) is 12.8 Å². The first-order valence-electron chi connectivity index (χ1n) is 10.6. The van der Waals surface area contributed by atoms with E-state index in [9.17, 15) is 0 Å². The molecule has 2 atom stereocenters. The number of rotatable bonds is 4. The van der Waals surface area contributed by atoms with Gasteiger partial charge in [-0.1, -0.05) is 24.3 Å². The fourth-order valence-corrected chi connectivity index (χ4v) is 4.61. The van der Waals surface area contributed by atoms with Crippen molar-refractivity contribution in [3.05, 3.63) is 65.2 Å². The molecule has 1 aliphatic heterocycles. The standard InChI is InChI=1S/C25H30N4S/c1-28(2)20-12-8-17(9-13-20)16-19-6-5-7-22-23(26-25(30)27-24(19)22)18-10-14-21(15-11-18)29(3)4/h8-16,22-23H,5-7H2,1-4H3,(H,26,30)/b19-16-. The molecule has 0 radical (unpaired) electrons. The van der Waals surface area contributed by atoms with Crippen molar-refractivity contribution >= 4 is 40.5 Å². The Morgan fingerprint density at radius 3 is 2.13 bits per heavy atom. The maximum atomic E-state index is 5.54. The van der Waals surface area contributed by atoms with Crippen molar-refractivity contribution in [3.63, 3.8) is 0 Å². The van der Waals surface area contributed by atoms with Gasteiger partial charge in [0.1, 0.15) is 0 Å². The molecule has 0 aromatic heterocycles. The maximum Gasteiger partial charge on any atom is 0.193 e. The Kier molecular flexibility index (Phi) is 5.91. The van der Waals surface area contributed by atoms with Gasteiger partial charge >= 0.3 is 0 Å². The van der Waals surface area contributed by atoms with Crippen molar-refractivity contribution in [3.8, 4) is 0 Å². The molecule has 156 valence electrons. The fourth-order valence-electron chi connectivity index (χ4n) is 4.38. The van der Waals surface area contributed by atoms with Gasteiger partial charge in [0.05, 0.1) is 11.8 Å². The minimum absolute atomic E-state index is 0.182. The number of nitrogens with zero attached hydrogens (tertiary/aromatic N) is 3. The molecule has 2 aromatic rings. The summed E-state index contributed by atoms with van der Waals surface area (Å²) >= 11 is 5.54. The van der Waals surface area contributed by atoms with Gasteiger partial charge in [-0.05, 0) is 78.5 Å². The van der Waals surface area contributed by atoms with Crippen LogP contribution in [0.5, 0.6) is 0 Å². The number of fused-ring (bicyclic) bond motifs is 1. The third-order valence-electron chi connectivity index (χ3n) is 6.06. The van der Waals surface area contributed by atoms with Crippen LogP contribution in [-0.4, -0.2) is 39.0 Å². The average Bonchev–Trinajstić information content (AvgIpc) is 2.74. The predicted octanol–water partition coefficient (Wildman–Crippen LogP) is 5.07. The van der Waals surface area contributed by atoms with Crippen LogP contribution in [0.15, 0.2) is 59.1 Å². The van der Waals surface area contributed by atoms with Crippen molar-refractivity contribution in [1.82, 2.24) is 5.32 Å². The van der Waals surface area contributed by atoms with E-state index in [-0.39, 0.29) is 6.04 Å². The number of allylic oxidation sites excluding steroid dienone is 1. The molecule has 1 fully saturated rings. The van der Waals surface area contributed by atoms with Crippen LogP contribution in [0.3, 0.4) is 0 Å². The van der Waals surface area contributed by atoms with E-state index in [1.54, 1.807) is 0 Å². The molecule has 1 aliphatic carbocycles. The summed E-state index contributed by atoms with van der Waals surface area (Å²) in [6, 6.07) is 17.7. The molecule has 0 saturated heterocycles. The summed E-state index contributed by atoms with van der Waals surface area (Å²) in [5.74, 6) is 0.350. The summed E-state index contributed by atoms with van der Waals surface area (Å²) in [5.41, 5.74) is 7.40. The Labute approximate surface area is 185 Å². The smallest absolute Gasteiger partial charge is 0.193 e. The summed E-state index contributed by atoms with van der Waals surface area (Å²) in [5, 5.41) is 4.08. The number of thiocarbonyl (C=S) groups is 1. The minimum Gasteiger partial charge on any atom is -0.378 e. The lowest BCUT2D eigenvalue weighted by Crippen LogP contribution is -2.42. The molecule has 0 spiro atoms. The van der Waals surface area contributed by atoms with Gasteiger partial charge < -0.3 is 15.1 Å². The number of hydrogen-bond acceptors (Lipinski definition) is 3. The molecular weight excluding hydrogens is 388 g/mol. The first kappa shape index (κ1) is 20.6. The molecule has 2 aliphatic rings. The Bertz CT molecular complexity index is 971. The SMILES string of the molecule is CN(C)c1ccc(/C=C2/CCCC3C2=NC(=S)NC3c2ccc(N(C)C)cc2)cc1. The topological polar surface area (TPSA) is 30.9 Å². The van der Waals surface area contributed by atoms with Crippen molar-refractivity contribution in [2.24, 2.45) is 10.9 Å². The molecule has 4 rings (SSSR count). The maximum absolute atomic E-state index is 5.54. The summed E-state index contributed by atoms with van der Waals surface area (Å²) in [6.45, 7) is 0. The van der Waals surface area contributed by atoms with Crippen LogP contribution in [0.1, 0.15) is 36.4 Å². The second-order valence-corrected chi connectivity index (χ2v) is 8.95. The predicted molar refractivity (Wildman–Crippen MR) is 133 cm³/mol. The zero-order chi connectivity index (χ0) is 21.3. The molecule has 2 aromatic carbocycles. The van der Waals surface area contributed by atoms with Crippen LogP contribution >= 0.6 is 12.2 Å². The lowest BCUT2D eigenvalue weighted by atomic mass is 9.76. The zero-order valence-corrected chi connectivity index (χ0v) is 19.0. The largest absolute Gasteiger partial charge is 0.378 e. The molecule has 1 heterocycles. The number of aliphatic imine (C=N–C) groups is 1. The molecule has 5 heteroatoms. The van der Waals surface area contributed by atoms with Crippen LogP contribution in [0, 0.1) is 5.92 Å². The lowest BCUT2D eigenvalue weighted by Gasteiger charge is -2.37. The highest BCUT2D eigenvalue weighted by molar-refractivity contribution is 7.80. The molecule has 0 amide bonds. The van der Waals surface area contributed by atoms with E-state index in [0.29, 0.717) is 11.0 Å². The highest BCUT2D eigenvalue weighted by atomic mass is 32.1. The van der Waals surface area contributed by atoms with Gasteiger partial charge in [-0.2, -0.15) is 0 Å². The van der Waals surface area contributed by atoms with Crippen LogP contribution < -0.4 is 15.1 Å². The molecule has 4 nitrogen and oxygen atoms in total. The first-order chi connectivity index (χ1) is 14.4. The minimum atomic E-state index is 0.182. The van der Waals surface area contributed by atoms with Gasteiger partial charge in [-0.15, -0.1) is 0 Å². The average molecular weight is 419 g/mol. The molecule has 2 unspecified atom stereocenters. The third kappa shape index (κ3) is 4.26. The number of anilines is 2. The molecule has 30 heavy (non-hydrogen) atoms. The van der Waals surface area contributed by atoms with Crippen LogP contribution in [0.25, 0.3) is 6.08 Å². The second kappa shape index (κ2) is 8.60. The van der Waals surface area contributed by atoms with Crippen LogP contribution in [0.4, 0.5) is 11.4 Å². The molecular formula is C25H30N4S. The summed E-state index contributed by atoms with van der Waals surface area (Å²) in [6.07, 6.45) is 5.65. The summed E-state index contributed by atoms with van der Waals surface area (Å²) < 4.78 is 0. The van der Waals surface area contributed by atoms with Crippen molar-refractivity contribution < 1.29 is 0 Å². The molecule has 1 saturated carbocycles. The summed E-state index contributed by atoms with van der Waals surface area (Å²) in [4.78, 5) is 9.05. The third-order valence-corrected chi connectivity index (χ3v) is 6.27. The van der Waals surface area contributed by atoms with E-state index in [4.69, 9.17) is 17.2 Å². The van der Waals surface area contributed by atoms with Gasteiger partial charge in [0.25, 0.3) is 0 Å². The Balaban J connectivity index is 1.63. The van der Waals surface area contributed by atoms with Gasteiger partial charge in [-0.3, -0.25) is 0 Å². The lowest BCUT2D eigenvalue weighted by molar-refractivity contribution is 0.441. The van der Waals surface area contributed by atoms with E-state index < -0.39 is 0 Å². The van der Waals surface area contributed by atoms with Crippen molar-refractivity contribution in [2.75, 3.05) is 38.0 Å². The normalized spacial score (nSPS) is 22.2. The quantitative estimate of drug-likeness (QED) is 0.702. The van der Waals surface area contributed by atoms with Crippen LogP contribution in [0.2, 0.25) is 0 Å². The van der Waals surface area contributed by atoms with Gasteiger partial charge in [0, 0.05) is 45.5 Å². The van der Waals surface area contributed by atoms with Gasteiger partial charge in [0.2, 0.25) is 0 Å². The molecule has 0 bridgehead atoms.